The maximum atomic E-state index is 13.3. The summed E-state index contributed by atoms with van der Waals surface area (Å²) in [5.41, 5.74) is 1.01. The van der Waals surface area contributed by atoms with E-state index in [0.29, 0.717) is 18.6 Å². The highest BCUT2D eigenvalue weighted by Crippen LogP contribution is 2.49. The van der Waals surface area contributed by atoms with E-state index in [1.165, 1.54) is 0 Å². The van der Waals surface area contributed by atoms with Gasteiger partial charge in [0, 0.05) is 5.39 Å². The Balaban J connectivity index is 2.78. The molecule has 2 rings (SSSR count). The van der Waals surface area contributed by atoms with Crippen molar-refractivity contribution < 1.29 is 13.6 Å². The zero-order valence-corrected chi connectivity index (χ0v) is 14.2. The van der Waals surface area contributed by atoms with Crippen molar-refractivity contribution in [2.24, 2.45) is 0 Å². The summed E-state index contributed by atoms with van der Waals surface area (Å²) in [6.45, 7) is 10.3. The maximum absolute atomic E-state index is 13.3. The van der Waals surface area contributed by atoms with E-state index in [0.717, 1.165) is 10.9 Å². The van der Waals surface area contributed by atoms with Crippen LogP contribution in [-0.2, 0) is 19.2 Å². The summed E-state index contributed by atoms with van der Waals surface area (Å²) in [6, 6.07) is 7.63. The van der Waals surface area contributed by atoms with Gasteiger partial charge >= 0.3 is 7.60 Å². The van der Waals surface area contributed by atoms with Gasteiger partial charge in [0.25, 0.3) is 0 Å². The molecule has 2 aromatic rings. The van der Waals surface area contributed by atoms with E-state index in [2.05, 4.69) is 5.10 Å². The Kier molecular flexibility index (Phi) is 4.57. The number of fused-ring (bicyclic) bond motifs is 1. The van der Waals surface area contributed by atoms with Crippen molar-refractivity contribution in [3.63, 3.8) is 0 Å². The van der Waals surface area contributed by atoms with Crippen LogP contribution in [0.3, 0.4) is 0 Å². The third kappa shape index (κ3) is 3.05. The van der Waals surface area contributed by atoms with Gasteiger partial charge in [-0.05, 0) is 40.7 Å². The standard InChI is InChI=1S/C15H23N2O3P/c1-6-19-21(18,20-7-2)14-12-10-8-9-11-13(12)16-17(14)15(3,4)5/h8-11H,6-7H2,1-5H3. The second-order valence-corrected chi connectivity index (χ2v) is 7.69. The highest BCUT2D eigenvalue weighted by atomic mass is 31.2. The Morgan fingerprint density at radius 1 is 1.14 bits per heavy atom. The minimum absolute atomic E-state index is 0.320. The molecule has 0 atom stereocenters. The lowest BCUT2D eigenvalue weighted by atomic mass is 10.1. The summed E-state index contributed by atoms with van der Waals surface area (Å²) in [4.78, 5) is 0. The van der Waals surface area contributed by atoms with Crippen LogP contribution in [0.15, 0.2) is 24.3 Å². The van der Waals surface area contributed by atoms with Crippen LogP contribution < -0.4 is 5.44 Å². The molecule has 1 aromatic carbocycles. The highest BCUT2D eigenvalue weighted by molar-refractivity contribution is 7.62. The first kappa shape index (κ1) is 16.2. The van der Waals surface area contributed by atoms with Crippen molar-refractivity contribution in [2.45, 2.75) is 40.2 Å². The van der Waals surface area contributed by atoms with Crippen molar-refractivity contribution in [3.05, 3.63) is 24.3 Å². The van der Waals surface area contributed by atoms with Crippen LogP contribution in [0.5, 0.6) is 0 Å². The minimum Gasteiger partial charge on any atom is -0.304 e. The first-order valence-electron chi connectivity index (χ1n) is 7.21. The molecule has 0 spiro atoms. The lowest BCUT2D eigenvalue weighted by Gasteiger charge is -2.25. The first-order chi connectivity index (χ1) is 9.83. The quantitative estimate of drug-likeness (QED) is 0.790. The van der Waals surface area contributed by atoms with Crippen molar-refractivity contribution in [1.82, 2.24) is 9.78 Å². The molecule has 116 valence electrons. The molecule has 0 N–H and O–H groups in total. The van der Waals surface area contributed by atoms with E-state index >= 15 is 0 Å². The summed E-state index contributed by atoms with van der Waals surface area (Å²) in [5, 5.41) is 5.42. The van der Waals surface area contributed by atoms with Crippen LogP contribution in [0.2, 0.25) is 0 Å². The highest BCUT2D eigenvalue weighted by Gasteiger charge is 2.36. The normalized spacial score (nSPS) is 13.0. The van der Waals surface area contributed by atoms with E-state index in [9.17, 15) is 4.57 Å². The largest absolute Gasteiger partial charge is 0.379 e. The summed E-state index contributed by atoms with van der Waals surface area (Å²) in [5.74, 6) is 0. The fraction of sp³-hybridized carbons (Fsp3) is 0.533. The average Bonchev–Trinajstić information content (AvgIpc) is 2.79. The molecule has 1 heterocycles. The number of nitrogens with zero attached hydrogens (tertiary/aromatic N) is 2. The lowest BCUT2D eigenvalue weighted by molar-refractivity contribution is 0.226. The molecule has 1 aromatic heterocycles. The summed E-state index contributed by atoms with van der Waals surface area (Å²) < 4.78 is 26.1. The Labute approximate surface area is 125 Å². The molecular weight excluding hydrogens is 287 g/mol. The van der Waals surface area contributed by atoms with Crippen LogP contribution in [0.25, 0.3) is 10.9 Å². The van der Waals surface area contributed by atoms with Crippen molar-refractivity contribution in [2.75, 3.05) is 13.2 Å². The van der Waals surface area contributed by atoms with Gasteiger partial charge in [-0.15, -0.1) is 0 Å². The topological polar surface area (TPSA) is 53.4 Å². The van der Waals surface area contributed by atoms with E-state index in [1.54, 1.807) is 4.68 Å². The third-order valence-corrected chi connectivity index (χ3v) is 5.19. The van der Waals surface area contributed by atoms with E-state index in [1.807, 2.05) is 58.9 Å². The van der Waals surface area contributed by atoms with Gasteiger partial charge in [0.05, 0.1) is 24.3 Å². The molecular formula is C15H23N2O3P. The van der Waals surface area contributed by atoms with Crippen molar-refractivity contribution >= 4 is 23.9 Å². The molecule has 21 heavy (non-hydrogen) atoms. The van der Waals surface area contributed by atoms with Gasteiger partial charge in [0.15, 0.2) is 5.44 Å². The van der Waals surface area contributed by atoms with Crippen LogP contribution in [0.1, 0.15) is 34.6 Å². The van der Waals surface area contributed by atoms with E-state index < -0.39 is 7.60 Å². The Morgan fingerprint density at radius 3 is 2.24 bits per heavy atom. The summed E-state index contributed by atoms with van der Waals surface area (Å²) in [7, 11) is -3.40. The molecule has 0 aliphatic heterocycles. The SMILES string of the molecule is CCOP(=O)(OCC)c1c2ccccc2nn1C(C)(C)C. The fourth-order valence-corrected chi connectivity index (χ4v) is 4.31. The van der Waals surface area contributed by atoms with Gasteiger partial charge in [0.2, 0.25) is 0 Å². The molecule has 0 saturated carbocycles. The molecule has 0 bridgehead atoms. The van der Waals surface area contributed by atoms with E-state index in [4.69, 9.17) is 9.05 Å². The molecule has 0 amide bonds. The summed E-state index contributed by atoms with van der Waals surface area (Å²) in [6.07, 6.45) is 0. The fourth-order valence-electron chi connectivity index (χ4n) is 2.25. The zero-order valence-electron chi connectivity index (χ0n) is 13.3. The van der Waals surface area contributed by atoms with Crippen LogP contribution in [-0.4, -0.2) is 23.0 Å². The molecule has 6 heteroatoms. The molecule has 0 fully saturated rings. The summed E-state index contributed by atoms with van der Waals surface area (Å²) >= 11 is 0. The predicted octanol–water partition coefficient (Wildman–Crippen LogP) is 3.68. The number of hydrogen-bond donors (Lipinski definition) is 0. The van der Waals surface area contributed by atoms with Crippen LogP contribution in [0.4, 0.5) is 0 Å². The predicted molar refractivity (Wildman–Crippen MR) is 85.2 cm³/mol. The molecule has 0 unspecified atom stereocenters. The number of hydrogen-bond acceptors (Lipinski definition) is 4. The second kappa shape index (κ2) is 5.91. The molecule has 0 radical (unpaired) electrons. The molecule has 0 aliphatic carbocycles. The lowest BCUT2D eigenvalue weighted by Crippen LogP contribution is -2.33. The maximum Gasteiger partial charge on any atom is 0.379 e. The average molecular weight is 310 g/mol. The molecule has 0 aliphatic rings. The van der Waals surface area contributed by atoms with Crippen molar-refractivity contribution in [1.29, 1.82) is 0 Å². The number of benzene rings is 1. The van der Waals surface area contributed by atoms with Gasteiger partial charge in [-0.3, -0.25) is 9.25 Å². The molecule has 5 nitrogen and oxygen atoms in total. The van der Waals surface area contributed by atoms with Gasteiger partial charge in [0.1, 0.15) is 0 Å². The Bertz CT molecular complexity index is 663. The number of aromatic nitrogens is 2. The Morgan fingerprint density at radius 2 is 1.71 bits per heavy atom. The minimum atomic E-state index is -3.40. The zero-order chi connectivity index (χ0) is 15.7. The van der Waals surface area contributed by atoms with Crippen molar-refractivity contribution in [3.8, 4) is 0 Å². The third-order valence-electron chi connectivity index (χ3n) is 3.05. The smallest absolute Gasteiger partial charge is 0.304 e. The second-order valence-electron chi connectivity index (χ2n) is 5.76. The van der Waals surface area contributed by atoms with Gasteiger partial charge in [-0.2, -0.15) is 5.10 Å². The van der Waals surface area contributed by atoms with Gasteiger partial charge < -0.3 is 9.05 Å². The van der Waals surface area contributed by atoms with E-state index in [-0.39, 0.29) is 5.54 Å². The number of rotatable bonds is 5. The van der Waals surface area contributed by atoms with Gasteiger partial charge in [-0.25, -0.2) is 0 Å². The first-order valence-corrected chi connectivity index (χ1v) is 8.75. The Hall–Kier alpha value is -1.16. The monoisotopic (exact) mass is 310 g/mol. The van der Waals surface area contributed by atoms with Gasteiger partial charge in [-0.1, -0.05) is 18.2 Å². The van der Waals surface area contributed by atoms with Crippen LogP contribution in [0, 0.1) is 0 Å². The molecule has 0 saturated heterocycles. The van der Waals surface area contributed by atoms with Crippen LogP contribution >= 0.6 is 7.60 Å².